The molecule has 0 radical (unpaired) electrons. The molecule has 1 aliphatic rings. The fourth-order valence-electron chi connectivity index (χ4n) is 4.53. The molecule has 0 saturated carbocycles. The van der Waals surface area contributed by atoms with E-state index in [2.05, 4.69) is 76.8 Å². The van der Waals surface area contributed by atoms with Crippen LogP contribution in [0.2, 0.25) is 0 Å². The van der Waals surface area contributed by atoms with E-state index >= 15 is 0 Å². The molecule has 1 amide bonds. The minimum absolute atomic E-state index is 0.250. The molecule has 3 aromatic heterocycles. The molecule has 4 heterocycles. The number of rotatable bonds is 5. The number of carbonyl (C=O) groups excluding carboxylic acids is 1. The lowest BCUT2D eigenvalue weighted by Crippen LogP contribution is -2.50. The summed E-state index contributed by atoms with van der Waals surface area (Å²) in [5, 5.41) is 0.557. The van der Waals surface area contributed by atoms with Crippen molar-refractivity contribution >= 4 is 29.3 Å². The summed E-state index contributed by atoms with van der Waals surface area (Å²) in [6, 6.07) is 17.0. The van der Waals surface area contributed by atoms with E-state index in [1.807, 2.05) is 51.0 Å². The Morgan fingerprint density at radius 1 is 0.868 bits per heavy atom. The van der Waals surface area contributed by atoms with Gasteiger partial charge in [-0.15, -0.1) is 11.8 Å². The maximum atomic E-state index is 12.4. The molecule has 1 aliphatic heterocycles. The van der Waals surface area contributed by atoms with Gasteiger partial charge in [0.05, 0.1) is 11.9 Å². The molecule has 1 saturated heterocycles. The first-order valence-electron chi connectivity index (χ1n) is 13.1. The van der Waals surface area contributed by atoms with Crippen molar-refractivity contribution in [2.75, 3.05) is 31.1 Å². The summed E-state index contributed by atoms with van der Waals surface area (Å²) in [4.78, 5) is 27.0. The van der Waals surface area contributed by atoms with Crippen molar-refractivity contribution in [3.05, 3.63) is 67.1 Å². The van der Waals surface area contributed by atoms with E-state index in [-0.39, 0.29) is 6.09 Å². The molecule has 1 aromatic carbocycles. The zero-order chi connectivity index (χ0) is 26.9. The maximum absolute atomic E-state index is 12.4. The van der Waals surface area contributed by atoms with Gasteiger partial charge in [-0.05, 0) is 57.2 Å². The van der Waals surface area contributed by atoms with Crippen LogP contribution in [0.15, 0.2) is 72.0 Å². The molecule has 0 unspecified atom stereocenters. The van der Waals surface area contributed by atoms with Gasteiger partial charge in [-0.2, -0.15) is 0 Å². The molecule has 1 fully saturated rings. The number of benzene rings is 1. The van der Waals surface area contributed by atoms with Crippen LogP contribution in [0.1, 0.15) is 34.6 Å². The highest BCUT2D eigenvalue weighted by atomic mass is 32.2. The van der Waals surface area contributed by atoms with Crippen LogP contribution in [0.5, 0.6) is 0 Å². The molecule has 0 spiro atoms. The Morgan fingerprint density at radius 2 is 1.55 bits per heavy atom. The Labute approximate surface area is 228 Å². The van der Waals surface area contributed by atoms with Gasteiger partial charge in [0.1, 0.15) is 17.1 Å². The van der Waals surface area contributed by atoms with Crippen molar-refractivity contribution in [3.63, 3.8) is 0 Å². The zero-order valence-electron chi connectivity index (χ0n) is 22.7. The number of thioether (sulfide) groups is 1. The summed E-state index contributed by atoms with van der Waals surface area (Å²) in [5.41, 5.74) is 4.77. The second-order valence-corrected chi connectivity index (χ2v) is 12.5. The quantitative estimate of drug-likeness (QED) is 0.271. The SMILES string of the molecule is CC(C)Sc1ccc(-c2cnc3ccc(-c4ccc(N5CCN(C(=O)OC(C)(C)C)CC5)nc4)cn23)cc1. The van der Waals surface area contributed by atoms with E-state index in [0.717, 1.165) is 46.9 Å². The normalized spacial score (nSPS) is 14.4. The van der Waals surface area contributed by atoms with Gasteiger partial charge in [-0.3, -0.25) is 4.40 Å². The minimum atomic E-state index is -0.483. The number of ether oxygens (including phenoxy) is 1. The van der Waals surface area contributed by atoms with Crippen LogP contribution in [0, 0.1) is 0 Å². The molecular formula is C30H35N5O2S. The summed E-state index contributed by atoms with van der Waals surface area (Å²) >= 11 is 1.87. The van der Waals surface area contributed by atoms with Gasteiger partial charge in [0, 0.05) is 65.4 Å². The van der Waals surface area contributed by atoms with Gasteiger partial charge in [-0.25, -0.2) is 14.8 Å². The van der Waals surface area contributed by atoms with Gasteiger partial charge in [-0.1, -0.05) is 26.0 Å². The van der Waals surface area contributed by atoms with E-state index in [1.54, 1.807) is 4.90 Å². The fourth-order valence-corrected chi connectivity index (χ4v) is 5.37. The number of carbonyl (C=O) groups is 1. The number of fused-ring (bicyclic) bond motifs is 1. The average Bonchev–Trinajstić information content (AvgIpc) is 3.31. The summed E-state index contributed by atoms with van der Waals surface area (Å²) in [6.07, 6.45) is 5.73. The van der Waals surface area contributed by atoms with Crippen LogP contribution in [0.4, 0.5) is 10.6 Å². The lowest BCUT2D eigenvalue weighted by Gasteiger charge is -2.36. The third-order valence-corrected chi connectivity index (χ3v) is 7.38. The Hall–Kier alpha value is -3.52. The molecule has 7 nitrogen and oxygen atoms in total. The monoisotopic (exact) mass is 529 g/mol. The predicted molar refractivity (Wildman–Crippen MR) is 155 cm³/mol. The van der Waals surface area contributed by atoms with E-state index in [0.29, 0.717) is 18.3 Å². The second-order valence-electron chi connectivity index (χ2n) is 10.8. The Morgan fingerprint density at radius 3 is 2.18 bits per heavy atom. The molecule has 4 aromatic rings. The van der Waals surface area contributed by atoms with Crippen molar-refractivity contribution in [2.24, 2.45) is 0 Å². The second kappa shape index (κ2) is 10.7. The number of hydrogen-bond acceptors (Lipinski definition) is 6. The summed E-state index contributed by atoms with van der Waals surface area (Å²) in [7, 11) is 0. The molecule has 0 atom stereocenters. The number of nitrogens with zero attached hydrogens (tertiary/aromatic N) is 5. The van der Waals surface area contributed by atoms with Crippen molar-refractivity contribution < 1.29 is 9.53 Å². The van der Waals surface area contributed by atoms with Crippen LogP contribution in [-0.2, 0) is 4.74 Å². The Bertz CT molecular complexity index is 1400. The summed E-state index contributed by atoms with van der Waals surface area (Å²) < 4.78 is 7.65. The van der Waals surface area contributed by atoms with E-state index in [1.165, 1.54) is 4.90 Å². The first-order chi connectivity index (χ1) is 18.2. The van der Waals surface area contributed by atoms with Gasteiger partial charge >= 0.3 is 6.09 Å². The van der Waals surface area contributed by atoms with Gasteiger partial charge in [0.25, 0.3) is 0 Å². The summed E-state index contributed by atoms with van der Waals surface area (Å²) in [5.74, 6) is 0.918. The van der Waals surface area contributed by atoms with Gasteiger partial charge in [0.2, 0.25) is 0 Å². The number of piperazine rings is 1. The van der Waals surface area contributed by atoms with Gasteiger partial charge in [0.15, 0.2) is 0 Å². The lowest BCUT2D eigenvalue weighted by atomic mass is 10.1. The molecule has 8 heteroatoms. The minimum Gasteiger partial charge on any atom is -0.444 e. The van der Waals surface area contributed by atoms with Crippen molar-refractivity contribution in [3.8, 4) is 22.4 Å². The van der Waals surface area contributed by atoms with Crippen LogP contribution in [0.3, 0.4) is 0 Å². The molecule has 38 heavy (non-hydrogen) atoms. The first-order valence-corrected chi connectivity index (χ1v) is 14.0. The topological polar surface area (TPSA) is 63.0 Å². The smallest absolute Gasteiger partial charge is 0.410 e. The number of imidazole rings is 1. The third kappa shape index (κ3) is 5.96. The van der Waals surface area contributed by atoms with E-state index in [9.17, 15) is 4.79 Å². The highest BCUT2D eigenvalue weighted by Gasteiger charge is 2.26. The molecule has 0 aliphatic carbocycles. The molecular weight excluding hydrogens is 494 g/mol. The van der Waals surface area contributed by atoms with Crippen LogP contribution >= 0.6 is 11.8 Å². The lowest BCUT2D eigenvalue weighted by molar-refractivity contribution is 0.0240. The molecule has 0 N–H and O–H groups in total. The number of aromatic nitrogens is 3. The molecule has 5 rings (SSSR count). The highest BCUT2D eigenvalue weighted by molar-refractivity contribution is 7.99. The van der Waals surface area contributed by atoms with E-state index < -0.39 is 5.60 Å². The number of anilines is 1. The van der Waals surface area contributed by atoms with Crippen molar-refractivity contribution in [2.45, 2.75) is 50.4 Å². The van der Waals surface area contributed by atoms with Gasteiger partial charge < -0.3 is 14.5 Å². The zero-order valence-corrected chi connectivity index (χ0v) is 23.5. The van der Waals surface area contributed by atoms with Crippen molar-refractivity contribution in [1.82, 2.24) is 19.3 Å². The summed E-state index contributed by atoms with van der Waals surface area (Å²) in [6.45, 7) is 12.8. The molecule has 198 valence electrons. The van der Waals surface area contributed by atoms with E-state index in [4.69, 9.17) is 9.72 Å². The maximum Gasteiger partial charge on any atom is 0.410 e. The van der Waals surface area contributed by atoms with Crippen molar-refractivity contribution in [1.29, 1.82) is 0 Å². The standard InChI is InChI=1S/C30H35N5O2S/c1-21(2)38-25-10-6-22(7-11-25)26-19-32-28-13-9-24(20-35(26)28)23-8-12-27(31-18-23)33-14-16-34(17-15-33)29(36)37-30(3,4)5/h6-13,18-21H,14-17H2,1-5H3. The average molecular weight is 530 g/mol. The Kier molecular flexibility index (Phi) is 7.34. The third-order valence-electron chi connectivity index (χ3n) is 6.36. The largest absolute Gasteiger partial charge is 0.444 e. The first kappa shape index (κ1) is 26.1. The molecule has 0 bridgehead atoms. The number of amides is 1. The number of hydrogen-bond donors (Lipinski definition) is 0. The predicted octanol–water partition coefficient (Wildman–Crippen LogP) is 6.62. The van der Waals surface area contributed by atoms with Crippen LogP contribution in [-0.4, -0.2) is 62.4 Å². The van der Waals surface area contributed by atoms with Crippen LogP contribution in [0.25, 0.3) is 28.0 Å². The number of pyridine rings is 2. The Balaban J connectivity index is 1.29. The fraction of sp³-hybridized carbons (Fsp3) is 0.367. The highest BCUT2D eigenvalue weighted by Crippen LogP contribution is 2.29. The van der Waals surface area contributed by atoms with Crippen LogP contribution < -0.4 is 4.90 Å².